The third kappa shape index (κ3) is 3.80. The van der Waals surface area contributed by atoms with E-state index in [-0.39, 0.29) is 5.91 Å². The lowest BCUT2D eigenvalue weighted by atomic mass is 9.86. The van der Waals surface area contributed by atoms with E-state index in [9.17, 15) is 4.79 Å². The summed E-state index contributed by atoms with van der Waals surface area (Å²) in [4.78, 5) is 21.9. The average Bonchev–Trinajstić information content (AvgIpc) is 2.92. The fourth-order valence-electron chi connectivity index (χ4n) is 4.15. The smallest absolute Gasteiger partial charge is 0.272 e. The molecule has 0 aromatic carbocycles. The van der Waals surface area contributed by atoms with E-state index in [1.54, 1.807) is 12.4 Å². The minimum atomic E-state index is -0.0753. The number of amides is 1. The summed E-state index contributed by atoms with van der Waals surface area (Å²) in [5.41, 5.74) is 4.23. The number of carbonyl (C=O) groups excluding carboxylic acids is 1. The second-order valence-corrected chi connectivity index (χ2v) is 7.55. The summed E-state index contributed by atoms with van der Waals surface area (Å²) in [5, 5.41) is 7.85. The zero-order valence-electron chi connectivity index (χ0n) is 15.9. The van der Waals surface area contributed by atoms with Gasteiger partial charge in [-0.3, -0.25) is 14.5 Å². The molecule has 2 aromatic rings. The van der Waals surface area contributed by atoms with Gasteiger partial charge in [0.1, 0.15) is 5.69 Å². The van der Waals surface area contributed by atoms with Gasteiger partial charge < -0.3 is 5.32 Å². The molecule has 0 saturated heterocycles. The van der Waals surface area contributed by atoms with Gasteiger partial charge in [-0.15, -0.1) is 0 Å². The monoisotopic (exact) mass is 365 g/mol. The van der Waals surface area contributed by atoms with Crippen LogP contribution in [0.15, 0.2) is 29.5 Å². The van der Waals surface area contributed by atoms with Crippen LogP contribution in [0.2, 0.25) is 0 Å². The van der Waals surface area contributed by atoms with E-state index in [1.165, 1.54) is 32.1 Å². The third-order valence-electron chi connectivity index (χ3n) is 5.53. The summed E-state index contributed by atoms with van der Waals surface area (Å²) in [6.45, 7) is 3.27. The molecular weight excluding hydrogens is 338 g/mol. The van der Waals surface area contributed by atoms with Crippen LogP contribution in [0.4, 0.5) is 5.69 Å². The first-order chi connectivity index (χ1) is 13.3. The predicted molar refractivity (Wildman–Crippen MR) is 106 cm³/mol. The maximum atomic E-state index is 12.8. The highest BCUT2D eigenvalue weighted by molar-refractivity contribution is 6.10. The summed E-state index contributed by atoms with van der Waals surface area (Å²) in [7, 11) is 0. The molecule has 1 aliphatic carbocycles. The van der Waals surface area contributed by atoms with Crippen molar-refractivity contribution in [2.24, 2.45) is 10.9 Å². The van der Waals surface area contributed by atoms with E-state index < -0.39 is 0 Å². The summed E-state index contributed by atoms with van der Waals surface area (Å²) in [5.74, 6) is 0.576. The van der Waals surface area contributed by atoms with Crippen LogP contribution in [0.1, 0.15) is 67.2 Å². The number of fused-ring (bicyclic) bond motifs is 1. The number of aromatic nitrogens is 3. The molecule has 0 bridgehead atoms. The average molecular weight is 365 g/mol. The Labute approximate surface area is 160 Å². The Morgan fingerprint density at radius 2 is 1.96 bits per heavy atom. The van der Waals surface area contributed by atoms with E-state index in [0.717, 1.165) is 42.0 Å². The second-order valence-electron chi connectivity index (χ2n) is 7.55. The number of carbonyl (C=O) groups is 1. The first kappa shape index (κ1) is 17.9. The number of pyridine rings is 1. The molecule has 3 heterocycles. The van der Waals surface area contributed by atoms with Crippen molar-refractivity contribution in [1.82, 2.24) is 20.1 Å². The van der Waals surface area contributed by atoms with E-state index >= 15 is 0 Å². The Morgan fingerprint density at radius 1 is 1.19 bits per heavy atom. The van der Waals surface area contributed by atoms with Crippen LogP contribution in [0.5, 0.6) is 0 Å². The van der Waals surface area contributed by atoms with Crippen LogP contribution < -0.4 is 5.32 Å². The minimum absolute atomic E-state index is 0.0753. The van der Waals surface area contributed by atoms with Crippen LogP contribution in [0.3, 0.4) is 0 Å². The van der Waals surface area contributed by atoms with Crippen LogP contribution in [0, 0.1) is 5.92 Å². The van der Waals surface area contributed by atoms with Crippen molar-refractivity contribution >= 4 is 17.3 Å². The summed E-state index contributed by atoms with van der Waals surface area (Å²) >= 11 is 0. The maximum Gasteiger partial charge on any atom is 0.272 e. The van der Waals surface area contributed by atoms with Gasteiger partial charge >= 0.3 is 0 Å². The highest BCUT2D eigenvalue weighted by atomic mass is 16.2. The standard InChI is InChI=1S/C21H27N5O/c1-2-12-26-20-19(17(25-26)13-15-6-4-3-5-7-15)24-18(14-23-21(20)27)16-8-10-22-11-9-16/h8-11,15H,2-7,12-14H2,1H3,(H,23,27). The lowest BCUT2D eigenvalue weighted by Crippen LogP contribution is -2.30. The van der Waals surface area contributed by atoms with Gasteiger partial charge in [0, 0.05) is 24.5 Å². The molecule has 1 aliphatic heterocycles. The number of aliphatic imine (C=N–C) groups is 1. The van der Waals surface area contributed by atoms with E-state index in [1.807, 2.05) is 16.8 Å². The molecule has 6 nitrogen and oxygen atoms in total. The normalized spacial score (nSPS) is 17.8. The molecule has 6 heteroatoms. The molecule has 1 amide bonds. The van der Waals surface area contributed by atoms with Crippen molar-refractivity contribution in [3.8, 4) is 0 Å². The molecule has 27 heavy (non-hydrogen) atoms. The van der Waals surface area contributed by atoms with Gasteiger partial charge in [-0.05, 0) is 30.9 Å². The van der Waals surface area contributed by atoms with Gasteiger partial charge in [0.25, 0.3) is 5.91 Å². The van der Waals surface area contributed by atoms with Crippen LogP contribution >= 0.6 is 0 Å². The topological polar surface area (TPSA) is 72.2 Å². The Bertz CT molecular complexity index is 834. The zero-order valence-corrected chi connectivity index (χ0v) is 15.9. The Balaban J connectivity index is 1.76. The quantitative estimate of drug-likeness (QED) is 0.878. The molecule has 1 saturated carbocycles. The van der Waals surface area contributed by atoms with Crippen molar-refractivity contribution in [3.63, 3.8) is 0 Å². The van der Waals surface area contributed by atoms with Crippen molar-refractivity contribution in [2.75, 3.05) is 6.54 Å². The highest BCUT2D eigenvalue weighted by Crippen LogP contribution is 2.33. The van der Waals surface area contributed by atoms with Gasteiger partial charge in [0.2, 0.25) is 0 Å². The molecule has 0 atom stereocenters. The van der Waals surface area contributed by atoms with Crippen molar-refractivity contribution < 1.29 is 4.79 Å². The molecule has 0 unspecified atom stereocenters. The number of nitrogens with zero attached hydrogens (tertiary/aromatic N) is 4. The second kappa shape index (κ2) is 8.03. The van der Waals surface area contributed by atoms with Gasteiger partial charge in [0.15, 0.2) is 5.69 Å². The van der Waals surface area contributed by atoms with Crippen LogP contribution in [-0.2, 0) is 13.0 Å². The molecule has 142 valence electrons. The number of nitrogens with one attached hydrogen (secondary N) is 1. The molecular formula is C21H27N5O. The molecule has 0 radical (unpaired) electrons. The number of rotatable bonds is 5. The number of aryl methyl sites for hydroxylation is 1. The lowest BCUT2D eigenvalue weighted by Gasteiger charge is -2.20. The zero-order chi connectivity index (χ0) is 18.6. The number of hydrogen-bond donors (Lipinski definition) is 1. The SMILES string of the molecule is CCCn1nc(CC2CCCCC2)c2c1C(=O)NCC(c1ccncc1)=N2. The van der Waals surface area contributed by atoms with Gasteiger partial charge in [-0.25, -0.2) is 4.99 Å². The molecule has 2 aliphatic rings. The fourth-order valence-corrected chi connectivity index (χ4v) is 4.15. The van der Waals surface area contributed by atoms with Crippen molar-refractivity contribution in [1.29, 1.82) is 0 Å². The molecule has 2 aromatic heterocycles. The van der Waals surface area contributed by atoms with Crippen molar-refractivity contribution in [3.05, 3.63) is 41.5 Å². The Kier molecular flexibility index (Phi) is 5.32. The largest absolute Gasteiger partial charge is 0.345 e. The first-order valence-electron chi connectivity index (χ1n) is 10.1. The summed E-state index contributed by atoms with van der Waals surface area (Å²) in [6, 6.07) is 3.88. The van der Waals surface area contributed by atoms with E-state index in [0.29, 0.717) is 18.2 Å². The highest BCUT2D eigenvalue weighted by Gasteiger charge is 2.28. The Morgan fingerprint density at radius 3 is 2.70 bits per heavy atom. The predicted octanol–water partition coefficient (Wildman–Crippen LogP) is 3.68. The van der Waals surface area contributed by atoms with E-state index in [4.69, 9.17) is 10.1 Å². The maximum absolute atomic E-state index is 12.8. The Hall–Kier alpha value is -2.50. The van der Waals surface area contributed by atoms with Gasteiger partial charge in [-0.2, -0.15) is 5.10 Å². The van der Waals surface area contributed by atoms with Gasteiger partial charge in [0.05, 0.1) is 18.0 Å². The molecule has 1 N–H and O–H groups in total. The van der Waals surface area contributed by atoms with Crippen molar-refractivity contribution in [2.45, 2.75) is 58.4 Å². The minimum Gasteiger partial charge on any atom is -0.345 e. The molecule has 0 spiro atoms. The summed E-state index contributed by atoms with van der Waals surface area (Å²) in [6.07, 6.45) is 11.8. The lowest BCUT2D eigenvalue weighted by molar-refractivity contribution is 0.0950. The van der Waals surface area contributed by atoms with E-state index in [2.05, 4.69) is 17.2 Å². The number of hydrogen-bond acceptors (Lipinski definition) is 4. The molecule has 1 fully saturated rings. The van der Waals surface area contributed by atoms with Crippen LogP contribution in [0.25, 0.3) is 0 Å². The summed E-state index contributed by atoms with van der Waals surface area (Å²) < 4.78 is 1.86. The van der Waals surface area contributed by atoms with Crippen LogP contribution in [-0.4, -0.2) is 32.9 Å². The first-order valence-corrected chi connectivity index (χ1v) is 10.1. The fraction of sp³-hybridized carbons (Fsp3) is 0.524. The molecule has 4 rings (SSSR count). The third-order valence-corrected chi connectivity index (χ3v) is 5.53. The van der Waals surface area contributed by atoms with Gasteiger partial charge in [-0.1, -0.05) is 39.0 Å².